The standard InChI is InChI=1S/C15H20N2O2/c1-15(2)10-17(14(18)13-8-5-9-19-13)12-7-4-3-6-11(12)16-15/h3-4,6-7,13,16H,5,8-10H2,1-2H3. The summed E-state index contributed by atoms with van der Waals surface area (Å²) in [4.78, 5) is 14.5. The first-order chi connectivity index (χ1) is 9.07. The van der Waals surface area contributed by atoms with Crippen LogP contribution in [-0.4, -0.2) is 30.7 Å². The number of amides is 1. The number of hydrogen-bond donors (Lipinski definition) is 1. The third kappa shape index (κ3) is 2.32. The average Bonchev–Trinajstić information content (AvgIpc) is 2.89. The van der Waals surface area contributed by atoms with Crippen molar-refractivity contribution in [2.75, 3.05) is 23.4 Å². The Balaban J connectivity index is 1.93. The topological polar surface area (TPSA) is 41.6 Å². The van der Waals surface area contributed by atoms with Crippen LogP contribution in [0.5, 0.6) is 0 Å². The molecule has 1 N–H and O–H groups in total. The number of carbonyl (C=O) groups excluding carboxylic acids is 1. The summed E-state index contributed by atoms with van der Waals surface area (Å²) in [7, 11) is 0. The van der Waals surface area contributed by atoms with Crippen molar-refractivity contribution >= 4 is 17.3 Å². The van der Waals surface area contributed by atoms with Crippen LogP contribution >= 0.6 is 0 Å². The SMILES string of the molecule is CC1(C)CN(C(=O)C2CCCO2)c2ccccc2N1. The van der Waals surface area contributed by atoms with E-state index in [0.717, 1.165) is 24.2 Å². The fourth-order valence-electron chi connectivity index (χ4n) is 2.84. The van der Waals surface area contributed by atoms with E-state index < -0.39 is 0 Å². The predicted octanol–water partition coefficient (Wildman–Crippen LogP) is 2.40. The second-order valence-electron chi connectivity index (χ2n) is 5.95. The molecule has 1 aromatic carbocycles. The summed E-state index contributed by atoms with van der Waals surface area (Å²) in [6.45, 7) is 5.59. The van der Waals surface area contributed by atoms with Gasteiger partial charge >= 0.3 is 0 Å². The van der Waals surface area contributed by atoms with Crippen molar-refractivity contribution in [1.82, 2.24) is 0 Å². The van der Waals surface area contributed by atoms with E-state index in [4.69, 9.17) is 4.74 Å². The minimum Gasteiger partial charge on any atom is -0.377 e. The fourth-order valence-corrected chi connectivity index (χ4v) is 2.84. The van der Waals surface area contributed by atoms with Crippen LogP contribution in [0.25, 0.3) is 0 Å². The summed E-state index contributed by atoms with van der Waals surface area (Å²) in [6, 6.07) is 7.97. The molecule has 0 aliphatic carbocycles. The van der Waals surface area contributed by atoms with E-state index in [-0.39, 0.29) is 17.6 Å². The van der Waals surface area contributed by atoms with Crippen LogP contribution in [0.15, 0.2) is 24.3 Å². The van der Waals surface area contributed by atoms with Crippen molar-refractivity contribution in [1.29, 1.82) is 0 Å². The van der Waals surface area contributed by atoms with Crippen molar-refractivity contribution in [3.05, 3.63) is 24.3 Å². The highest BCUT2D eigenvalue weighted by molar-refractivity contribution is 6.00. The first-order valence-corrected chi connectivity index (χ1v) is 6.87. The summed E-state index contributed by atoms with van der Waals surface area (Å²) in [5.41, 5.74) is 1.86. The van der Waals surface area contributed by atoms with Gasteiger partial charge in [-0.15, -0.1) is 0 Å². The number of nitrogens with one attached hydrogen (secondary N) is 1. The maximum absolute atomic E-state index is 12.6. The number of para-hydroxylation sites is 2. The molecule has 2 heterocycles. The Hall–Kier alpha value is -1.55. The van der Waals surface area contributed by atoms with Gasteiger partial charge in [0.25, 0.3) is 5.91 Å². The predicted molar refractivity (Wildman–Crippen MR) is 75.5 cm³/mol. The van der Waals surface area contributed by atoms with Gasteiger partial charge in [0.05, 0.1) is 11.4 Å². The number of ether oxygens (including phenoxy) is 1. The number of fused-ring (bicyclic) bond motifs is 1. The van der Waals surface area contributed by atoms with Gasteiger partial charge in [0, 0.05) is 18.7 Å². The minimum atomic E-state index is -0.262. The molecule has 1 atom stereocenters. The van der Waals surface area contributed by atoms with Crippen molar-refractivity contribution in [3.63, 3.8) is 0 Å². The summed E-state index contributed by atoms with van der Waals surface area (Å²) < 4.78 is 5.54. The number of carbonyl (C=O) groups is 1. The molecule has 4 heteroatoms. The molecule has 2 aliphatic heterocycles. The molecule has 0 saturated carbocycles. The lowest BCUT2D eigenvalue weighted by Crippen LogP contribution is -2.53. The van der Waals surface area contributed by atoms with Gasteiger partial charge < -0.3 is 15.0 Å². The van der Waals surface area contributed by atoms with E-state index in [1.165, 1.54) is 0 Å². The third-order valence-electron chi connectivity index (χ3n) is 3.69. The Morgan fingerprint density at radius 1 is 1.42 bits per heavy atom. The molecule has 102 valence electrons. The molecule has 1 aromatic rings. The van der Waals surface area contributed by atoms with Gasteiger partial charge in [-0.05, 0) is 38.8 Å². The number of rotatable bonds is 1. The molecule has 0 aromatic heterocycles. The van der Waals surface area contributed by atoms with Gasteiger partial charge in [0.2, 0.25) is 0 Å². The molecule has 4 nitrogen and oxygen atoms in total. The molecule has 19 heavy (non-hydrogen) atoms. The summed E-state index contributed by atoms with van der Waals surface area (Å²) in [6.07, 6.45) is 1.56. The van der Waals surface area contributed by atoms with Gasteiger partial charge in [0.15, 0.2) is 0 Å². The van der Waals surface area contributed by atoms with Crippen LogP contribution in [0.3, 0.4) is 0 Å². The number of hydrogen-bond acceptors (Lipinski definition) is 3. The normalized spacial score (nSPS) is 24.7. The van der Waals surface area contributed by atoms with Gasteiger partial charge in [-0.25, -0.2) is 0 Å². The van der Waals surface area contributed by atoms with Crippen LogP contribution < -0.4 is 10.2 Å². The second kappa shape index (κ2) is 4.53. The Bertz CT molecular complexity index is 493. The lowest BCUT2D eigenvalue weighted by Gasteiger charge is -2.41. The molecule has 1 saturated heterocycles. The highest BCUT2D eigenvalue weighted by Gasteiger charge is 2.36. The van der Waals surface area contributed by atoms with E-state index in [1.54, 1.807) is 0 Å². The molecule has 1 amide bonds. The van der Waals surface area contributed by atoms with Gasteiger partial charge in [-0.3, -0.25) is 4.79 Å². The highest BCUT2D eigenvalue weighted by Crippen LogP contribution is 2.35. The van der Waals surface area contributed by atoms with Gasteiger partial charge in [-0.1, -0.05) is 12.1 Å². The number of anilines is 2. The van der Waals surface area contributed by atoms with Crippen molar-refractivity contribution < 1.29 is 9.53 Å². The molecule has 2 aliphatic rings. The van der Waals surface area contributed by atoms with E-state index in [0.29, 0.717) is 13.2 Å². The smallest absolute Gasteiger partial charge is 0.256 e. The Morgan fingerprint density at radius 3 is 2.95 bits per heavy atom. The molecular formula is C15H20N2O2. The number of nitrogens with zero attached hydrogens (tertiary/aromatic N) is 1. The largest absolute Gasteiger partial charge is 0.377 e. The molecule has 0 bridgehead atoms. The van der Waals surface area contributed by atoms with Crippen LogP contribution in [0.4, 0.5) is 11.4 Å². The maximum atomic E-state index is 12.6. The van der Waals surface area contributed by atoms with Gasteiger partial charge in [-0.2, -0.15) is 0 Å². The van der Waals surface area contributed by atoms with E-state index in [2.05, 4.69) is 19.2 Å². The molecule has 0 spiro atoms. The van der Waals surface area contributed by atoms with Crippen molar-refractivity contribution in [2.45, 2.75) is 38.3 Å². The molecule has 3 rings (SSSR count). The Kier molecular flexibility index (Phi) is 2.97. The van der Waals surface area contributed by atoms with Crippen LogP contribution in [0.1, 0.15) is 26.7 Å². The summed E-state index contributed by atoms with van der Waals surface area (Å²) >= 11 is 0. The summed E-state index contributed by atoms with van der Waals surface area (Å²) in [5.74, 6) is 0.0968. The summed E-state index contributed by atoms with van der Waals surface area (Å²) in [5, 5.41) is 3.48. The molecule has 1 unspecified atom stereocenters. The fraction of sp³-hybridized carbons (Fsp3) is 0.533. The lowest BCUT2D eigenvalue weighted by atomic mass is 9.98. The average molecular weight is 260 g/mol. The Labute approximate surface area is 113 Å². The van der Waals surface area contributed by atoms with Gasteiger partial charge in [0.1, 0.15) is 6.10 Å². The van der Waals surface area contributed by atoms with Crippen LogP contribution in [0, 0.1) is 0 Å². The second-order valence-corrected chi connectivity index (χ2v) is 5.95. The minimum absolute atomic E-state index is 0.0968. The maximum Gasteiger partial charge on any atom is 0.256 e. The zero-order chi connectivity index (χ0) is 13.5. The van der Waals surface area contributed by atoms with E-state index in [9.17, 15) is 4.79 Å². The molecule has 1 fully saturated rings. The lowest BCUT2D eigenvalue weighted by molar-refractivity contribution is -0.127. The van der Waals surface area contributed by atoms with Crippen molar-refractivity contribution in [2.24, 2.45) is 0 Å². The van der Waals surface area contributed by atoms with E-state index in [1.807, 2.05) is 29.2 Å². The monoisotopic (exact) mass is 260 g/mol. The first-order valence-electron chi connectivity index (χ1n) is 6.87. The zero-order valence-electron chi connectivity index (χ0n) is 11.5. The third-order valence-corrected chi connectivity index (χ3v) is 3.69. The number of benzene rings is 1. The first kappa shape index (κ1) is 12.5. The van der Waals surface area contributed by atoms with E-state index >= 15 is 0 Å². The van der Waals surface area contributed by atoms with Crippen LogP contribution in [0.2, 0.25) is 0 Å². The quantitative estimate of drug-likeness (QED) is 0.843. The van der Waals surface area contributed by atoms with Crippen LogP contribution in [-0.2, 0) is 9.53 Å². The molecular weight excluding hydrogens is 240 g/mol. The molecule has 0 radical (unpaired) electrons. The zero-order valence-corrected chi connectivity index (χ0v) is 11.5. The Morgan fingerprint density at radius 2 is 2.21 bits per heavy atom. The highest BCUT2D eigenvalue weighted by atomic mass is 16.5. The van der Waals surface area contributed by atoms with Crippen molar-refractivity contribution in [3.8, 4) is 0 Å².